The Morgan fingerprint density at radius 1 is 1.39 bits per heavy atom. The maximum absolute atomic E-state index is 12.5. The summed E-state index contributed by atoms with van der Waals surface area (Å²) in [5.41, 5.74) is 2.21. The summed E-state index contributed by atoms with van der Waals surface area (Å²) in [6.45, 7) is 3.98. The Kier molecular flexibility index (Phi) is 4.25. The van der Waals surface area contributed by atoms with Crippen LogP contribution in [0.5, 0.6) is 0 Å². The van der Waals surface area contributed by atoms with Crippen molar-refractivity contribution >= 4 is 23.3 Å². The van der Waals surface area contributed by atoms with Crippen LogP contribution < -0.4 is 5.32 Å². The molecule has 0 bridgehead atoms. The number of pyridine rings is 1. The second-order valence-electron chi connectivity index (χ2n) is 5.25. The minimum Gasteiger partial charge on any atom is -0.342 e. The highest BCUT2D eigenvalue weighted by molar-refractivity contribution is 6.30. The molecule has 0 aliphatic heterocycles. The normalized spacial score (nSPS) is 12.3. The van der Waals surface area contributed by atoms with E-state index in [1.807, 2.05) is 26.0 Å². The third-order valence-corrected chi connectivity index (χ3v) is 3.80. The molecule has 3 rings (SSSR count). The summed E-state index contributed by atoms with van der Waals surface area (Å²) in [6.07, 6.45) is 7.24. The van der Waals surface area contributed by atoms with Crippen molar-refractivity contribution in [2.24, 2.45) is 0 Å². The summed E-state index contributed by atoms with van der Waals surface area (Å²) >= 11 is 5.89. The number of hydrogen-bond acceptors (Lipinski definition) is 4. The van der Waals surface area contributed by atoms with Crippen molar-refractivity contribution < 1.29 is 4.79 Å². The Hall–Kier alpha value is -2.47. The van der Waals surface area contributed by atoms with Gasteiger partial charge in [-0.05, 0) is 25.0 Å². The smallest absolute Gasteiger partial charge is 0.272 e. The number of carbonyl (C=O) groups excluding carboxylic acids is 1. The van der Waals surface area contributed by atoms with Gasteiger partial charge in [-0.3, -0.25) is 14.2 Å². The number of amides is 1. The highest BCUT2D eigenvalue weighted by Gasteiger charge is 2.19. The molecule has 0 saturated carbocycles. The van der Waals surface area contributed by atoms with Gasteiger partial charge in [-0.2, -0.15) is 0 Å². The molecule has 6 nitrogen and oxygen atoms in total. The first-order chi connectivity index (χ1) is 11.1. The lowest BCUT2D eigenvalue weighted by molar-refractivity contribution is 0.0930. The summed E-state index contributed by atoms with van der Waals surface area (Å²) in [4.78, 5) is 25.2. The first-order valence-electron chi connectivity index (χ1n) is 7.31. The molecule has 3 heterocycles. The van der Waals surface area contributed by atoms with Gasteiger partial charge in [-0.15, -0.1) is 0 Å². The Balaban J connectivity index is 1.85. The topological polar surface area (TPSA) is 72.2 Å². The predicted octanol–water partition coefficient (Wildman–Crippen LogP) is 2.97. The Labute approximate surface area is 138 Å². The molecular weight excluding hydrogens is 314 g/mol. The van der Waals surface area contributed by atoms with Gasteiger partial charge in [0.1, 0.15) is 5.69 Å². The van der Waals surface area contributed by atoms with Crippen molar-refractivity contribution in [2.45, 2.75) is 26.3 Å². The van der Waals surface area contributed by atoms with Gasteiger partial charge >= 0.3 is 0 Å². The summed E-state index contributed by atoms with van der Waals surface area (Å²) in [7, 11) is 0. The fourth-order valence-electron chi connectivity index (χ4n) is 2.43. The molecule has 118 valence electrons. The number of imidazole rings is 1. The average Bonchev–Trinajstić information content (AvgIpc) is 2.96. The minimum absolute atomic E-state index is 0.162. The highest BCUT2D eigenvalue weighted by atomic mass is 35.5. The summed E-state index contributed by atoms with van der Waals surface area (Å²) in [5, 5.41) is 3.46. The molecule has 0 aliphatic rings. The van der Waals surface area contributed by atoms with Crippen molar-refractivity contribution in [3.63, 3.8) is 0 Å². The van der Waals surface area contributed by atoms with Crippen LogP contribution in [0, 0.1) is 6.92 Å². The van der Waals surface area contributed by atoms with Crippen LogP contribution in [-0.2, 0) is 0 Å². The fourth-order valence-corrected chi connectivity index (χ4v) is 2.58. The zero-order valence-corrected chi connectivity index (χ0v) is 13.6. The fraction of sp³-hybridized carbons (Fsp3) is 0.250. The van der Waals surface area contributed by atoms with Gasteiger partial charge < -0.3 is 5.32 Å². The van der Waals surface area contributed by atoms with E-state index in [-0.39, 0.29) is 11.9 Å². The third-order valence-electron chi connectivity index (χ3n) is 3.60. The summed E-state index contributed by atoms with van der Waals surface area (Å²) in [6, 6.07) is 3.70. The molecule has 1 N–H and O–H groups in total. The minimum atomic E-state index is -0.261. The molecule has 3 aromatic heterocycles. The van der Waals surface area contributed by atoms with Crippen LogP contribution in [-0.4, -0.2) is 25.3 Å². The van der Waals surface area contributed by atoms with Gasteiger partial charge in [0.25, 0.3) is 5.91 Å². The number of nitrogens with one attached hydrogen (secondary N) is 1. The monoisotopic (exact) mass is 329 g/mol. The number of halogens is 1. The van der Waals surface area contributed by atoms with Crippen molar-refractivity contribution in [1.29, 1.82) is 0 Å². The lowest BCUT2D eigenvalue weighted by atomic mass is 10.1. The third kappa shape index (κ3) is 3.17. The van der Waals surface area contributed by atoms with Crippen molar-refractivity contribution in [3.8, 4) is 0 Å². The van der Waals surface area contributed by atoms with E-state index in [4.69, 9.17) is 11.6 Å². The van der Waals surface area contributed by atoms with E-state index in [1.54, 1.807) is 23.0 Å². The van der Waals surface area contributed by atoms with E-state index in [0.29, 0.717) is 16.5 Å². The zero-order chi connectivity index (χ0) is 16.4. The molecular formula is C16H16ClN5O. The number of fused-ring (bicyclic) bond motifs is 1. The predicted molar refractivity (Wildman–Crippen MR) is 87.5 cm³/mol. The van der Waals surface area contributed by atoms with Crippen LogP contribution in [0.1, 0.15) is 41.1 Å². The molecule has 0 aliphatic carbocycles. The summed E-state index contributed by atoms with van der Waals surface area (Å²) < 4.78 is 1.63. The molecule has 0 saturated heterocycles. The molecule has 1 atom stereocenters. The zero-order valence-electron chi connectivity index (χ0n) is 12.8. The van der Waals surface area contributed by atoms with Crippen molar-refractivity contribution in [3.05, 3.63) is 58.9 Å². The van der Waals surface area contributed by atoms with E-state index in [0.717, 1.165) is 17.7 Å². The van der Waals surface area contributed by atoms with E-state index in [9.17, 15) is 4.79 Å². The van der Waals surface area contributed by atoms with Gasteiger partial charge in [0.2, 0.25) is 5.78 Å². The van der Waals surface area contributed by atoms with Crippen LogP contribution in [0.2, 0.25) is 5.02 Å². The van der Waals surface area contributed by atoms with Crippen LogP contribution in [0.25, 0.3) is 5.78 Å². The molecule has 0 unspecified atom stereocenters. The first-order valence-corrected chi connectivity index (χ1v) is 7.69. The first kappa shape index (κ1) is 15.4. The second kappa shape index (κ2) is 6.34. The van der Waals surface area contributed by atoms with E-state index >= 15 is 0 Å². The second-order valence-corrected chi connectivity index (χ2v) is 5.68. The quantitative estimate of drug-likeness (QED) is 0.798. The number of aryl methyl sites for hydroxylation is 1. The number of rotatable bonds is 4. The largest absolute Gasteiger partial charge is 0.342 e. The molecule has 0 fully saturated rings. The highest BCUT2D eigenvalue weighted by Crippen LogP contribution is 2.18. The Morgan fingerprint density at radius 3 is 2.96 bits per heavy atom. The van der Waals surface area contributed by atoms with Crippen LogP contribution in [0.15, 0.2) is 36.9 Å². The summed E-state index contributed by atoms with van der Waals surface area (Å²) in [5.74, 6) is 0.171. The number of carbonyl (C=O) groups is 1. The Morgan fingerprint density at radius 2 is 2.22 bits per heavy atom. The SMILES string of the molecule is CC[C@@H](NC(=O)c1cn2cc(Cl)cnc2n1)c1ncccc1C. The number of aromatic nitrogens is 4. The lowest BCUT2D eigenvalue weighted by Crippen LogP contribution is -2.29. The maximum Gasteiger partial charge on any atom is 0.272 e. The van der Waals surface area contributed by atoms with Crippen molar-refractivity contribution in [2.75, 3.05) is 0 Å². The van der Waals surface area contributed by atoms with E-state index in [2.05, 4.69) is 20.3 Å². The van der Waals surface area contributed by atoms with E-state index in [1.165, 1.54) is 6.20 Å². The van der Waals surface area contributed by atoms with Crippen LogP contribution in [0.3, 0.4) is 0 Å². The number of nitrogens with zero attached hydrogens (tertiary/aromatic N) is 4. The van der Waals surface area contributed by atoms with Crippen LogP contribution >= 0.6 is 11.6 Å². The van der Waals surface area contributed by atoms with Gasteiger partial charge in [0.15, 0.2) is 0 Å². The van der Waals surface area contributed by atoms with E-state index < -0.39 is 0 Å². The standard InChI is InChI=1S/C16H16ClN5O/c1-3-12(14-10(2)5-4-6-18-14)20-15(23)13-9-22-8-11(17)7-19-16(22)21-13/h4-9,12H,3H2,1-2H3,(H,20,23)/t12-/m1/s1. The van der Waals surface area contributed by atoms with Gasteiger partial charge in [-0.25, -0.2) is 9.97 Å². The molecule has 0 spiro atoms. The average molecular weight is 330 g/mol. The van der Waals surface area contributed by atoms with Gasteiger partial charge in [-0.1, -0.05) is 24.6 Å². The maximum atomic E-state index is 12.5. The molecule has 0 aromatic carbocycles. The van der Waals surface area contributed by atoms with Crippen LogP contribution in [0.4, 0.5) is 0 Å². The molecule has 7 heteroatoms. The Bertz CT molecular complexity index is 861. The van der Waals surface area contributed by atoms with Gasteiger partial charge in [0, 0.05) is 18.6 Å². The van der Waals surface area contributed by atoms with Gasteiger partial charge in [0.05, 0.1) is 23.0 Å². The molecule has 0 radical (unpaired) electrons. The lowest BCUT2D eigenvalue weighted by Gasteiger charge is -2.17. The van der Waals surface area contributed by atoms with Crippen molar-refractivity contribution in [1.82, 2.24) is 24.7 Å². The molecule has 23 heavy (non-hydrogen) atoms. The molecule has 1 amide bonds. The number of hydrogen-bond donors (Lipinski definition) is 1. The molecule has 3 aromatic rings.